The summed E-state index contributed by atoms with van der Waals surface area (Å²) in [7, 11) is -1.35. The summed E-state index contributed by atoms with van der Waals surface area (Å²) in [6.07, 6.45) is 9.35. The Bertz CT molecular complexity index is 2090. The van der Waals surface area contributed by atoms with Crippen molar-refractivity contribution in [3.8, 4) is 22.3 Å². The van der Waals surface area contributed by atoms with Gasteiger partial charge in [-0.2, -0.15) is 0 Å². The third-order valence-electron chi connectivity index (χ3n) is 8.76. The quantitative estimate of drug-likeness (QED) is 0.0947. The molecule has 0 bridgehead atoms. The number of hydrogen-bond donors (Lipinski definition) is 4. The van der Waals surface area contributed by atoms with E-state index in [-0.39, 0.29) is 6.42 Å². The number of fused-ring (bicyclic) bond motifs is 3. The summed E-state index contributed by atoms with van der Waals surface area (Å²) in [4.78, 5) is 12.1. The summed E-state index contributed by atoms with van der Waals surface area (Å²) in [6, 6.07) is 22.6. The highest BCUT2D eigenvalue weighted by Crippen LogP contribution is 2.49. The number of carboxylic acid groups (broad SMARTS) is 1. The molecule has 0 fully saturated rings. The van der Waals surface area contributed by atoms with Crippen molar-refractivity contribution < 1.29 is 19.2 Å². The second kappa shape index (κ2) is 17.8. The van der Waals surface area contributed by atoms with Gasteiger partial charge in [0.1, 0.15) is 11.0 Å². The number of nitrogens with one attached hydrogen (secondary N) is 2. The van der Waals surface area contributed by atoms with E-state index in [1.807, 2.05) is 86.6 Å². The van der Waals surface area contributed by atoms with E-state index in [1.165, 1.54) is 0 Å². The van der Waals surface area contributed by atoms with Crippen LogP contribution >= 0.6 is 12.2 Å². The fourth-order valence-corrected chi connectivity index (χ4v) is 7.49. The van der Waals surface area contributed by atoms with Gasteiger partial charge in [-0.1, -0.05) is 91.0 Å². The number of hydrogen-bond acceptors (Lipinski definition) is 4. The lowest BCUT2D eigenvalue weighted by atomic mass is 9.81. The first-order valence-electron chi connectivity index (χ1n) is 17.5. The van der Waals surface area contributed by atoms with Crippen molar-refractivity contribution in [3.05, 3.63) is 137 Å². The molecule has 0 saturated heterocycles. The molecule has 0 aromatic heterocycles. The molecule has 0 saturated carbocycles. The van der Waals surface area contributed by atoms with Crippen LogP contribution in [0, 0.1) is 20.8 Å². The number of anilines is 2. The number of nitrogens with zero attached hydrogens (tertiary/aromatic N) is 1. The molecule has 4 N–H and O–H groups in total. The minimum Gasteiger partial charge on any atom is -0.481 e. The van der Waals surface area contributed by atoms with Gasteiger partial charge in [0.25, 0.3) is 0 Å². The summed E-state index contributed by atoms with van der Waals surface area (Å²) < 4.78 is 15.1. The number of aryl methyl sites for hydroxylation is 1. The first kappa shape index (κ1) is 40.9. The van der Waals surface area contributed by atoms with E-state index in [0.717, 1.165) is 78.1 Å². The van der Waals surface area contributed by atoms with Crippen LogP contribution in [0.5, 0.6) is 0 Å². The second-order valence-electron chi connectivity index (χ2n) is 14.1. The van der Waals surface area contributed by atoms with Crippen LogP contribution in [0.4, 0.5) is 11.4 Å². The van der Waals surface area contributed by atoms with Gasteiger partial charge in [-0.25, -0.2) is 4.21 Å². The normalized spacial score (nSPS) is 13.0. The maximum atomic E-state index is 13.3. The molecule has 1 atom stereocenters. The molecule has 5 rings (SSSR count). The van der Waals surface area contributed by atoms with E-state index in [9.17, 15) is 14.1 Å². The highest BCUT2D eigenvalue weighted by atomic mass is 32.2. The maximum Gasteiger partial charge on any atom is 0.307 e. The topological polar surface area (TPSA) is 102 Å². The van der Waals surface area contributed by atoms with Gasteiger partial charge in [-0.05, 0) is 128 Å². The Morgan fingerprint density at radius 2 is 1.68 bits per heavy atom. The number of aliphatic hydroxyl groups is 1. The van der Waals surface area contributed by atoms with Crippen molar-refractivity contribution >= 4 is 51.2 Å². The molecule has 0 radical (unpaired) electrons. The van der Waals surface area contributed by atoms with Crippen LogP contribution in [0.3, 0.4) is 0 Å². The van der Waals surface area contributed by atoms with Gasteiger partial charge in [-0.3, -0.25) is 9.10 Å². The summed E-state index contributed by atoms with van der Waals surface area (Å²) in [5.74, 6) is -0.901. The van der Waals surface area contributed by atoms with Gasteiger partial charge in [0.05, 0.1) is 24.3 Å². The SMILES string of the molecule is C=C/C=C\C(=C/C)c1ccccc1CNC(=S)Nc1ccc2c(c1)CN(S(C)=O)c1c(C)c(CC(=O)O)c(-c3ccc(C)cc3)c(C)c1-2.CC(C)(C)O. The Morgan fingerprint density at radius 3 is 2.28 bits per heavy atom. The van der Waals surface area contributed by atoms with Crippen LogP contribution in [-0.2, 0) is 35.3 Å². The highest BCUT2D eigenvalue weighted by Gasteiger charge is 2.32. The first-order valence-corrected chi connectivity index (χ1v) is 19.5. The van der Waals surface area contributed by atoms with E-state index in [4.69, 9.17) is 17.3 Å². The average molecular weight is 750 g/mol. The molecule has 7 nitrogen and oxygen atoms in total. The lowest BCUT2D eigenvalue weighted by molar-refractivity contribution is -0.136. The number of rotatable bonds is 10. The van der Waals surface area contributed by atoms with E-state index < -0.39 is 22.6 Å². The molecule has 4 aromatic carbocycles. The molecule has 0 spiro atoms. The molecule has 1 unspecified atom stereocenters. The first-order chi connectivity index (χ1) is 25.0. The second-order valence-corrected chi connectivity index (χ2v) is 15.8. The molecule has 53 heavy (non-hydrogen) atoms. The van der Waals surface area contributed by atoms with Gasteiger partial charge in [-0.15, -0.1) is 0 Å². The Balaban J connectivity index is 0.00000117. The largest absolute Gasteiger partial charge is 0.481 e. The van der Waals surface area contributed by atoms with Gasteiger partial charge >= 0.3 is 5.97 Å². The Labute approximate surface area is 322 Å². The minimum atomic E-state index is -1.35. The fraction of sp³-hybridized carbons (Fsp3) is 0.273. The van der Waals surface area contributed by atoms with Crippen molar-refractivity contribution in [1.82, 2.24) is 5.32 Å². The number of allylic oxidation sites excluding steroid dienone is 5. The van der Waals surface area contributed by atoms with Gasteiger partial charge < -0.3 is 20.8 Å². The van der Waals surface area contributed by atoms with E-state index in [0.29, 0.717) is 18.2 Å². The van der Waals surface area contributed by atoms with Crippen LogP contribution in [-0.4, -0.2) is 37.4 Å². The van der Waals surface area contributed by atoms with Crippen LogP contribution in [0.2, 0.25) is 0 Å². The molecule has 1 aliphatic rings. The van der Waals surface area contributed by atoms with Crippen LogP contribution in [0.1, 0.15) is 66.6 Å². The molecular formula is C44H51N3O4S2. The highest BCUT2D eigenvalue weighted by molar-refractivity contribution is 7.85. The molecule has 0 aliphatic carbocycles. The van der Waals surface area contributed by atoms with E-state index in [1.54, 1.807) is 33.1 Å². The number of carboxylic acids is 1. The zero-order valence-corrected chi connectivity index (χ0v) is 33.6. The molecular weight excluding hydrogens is 699 g/mol. The lowest BCUT2D eigenvalue weighted by Crippen LogP contribution is -2.30. The van der Waals surface area contributed by atoms with Crippen molar-refractivity contribution in [1.29, 1.82) is 0 Å². The smallest absolute Gasteiger partial charge is 0.307 e. The number of thiocarbonyl (C=S) groups is 1. The minimum absolute atomic E-state index is 0.125. The summed E-state index contributed by atoms with van der Waals surface area (Å²) in [5, 5.41) is 25.6. The van der Waals surface area contributed by atoms with Crippen LogP contribution in [0.25, 0.3) is 27.8 Å². The lowest BCUT2D eigenvalue weighted by Gasteiger charge is -2.35. The number of aliphatic carboxylic acids is 1. The molecule has 9 heteroatoms. The molecule has 0 amide bonds. The molecule has 278 valence electrons. The van der Waals surface area contributed by atoms with Crippen LogP contribution in [0.15, 0.2) is 97.6 Å². The maximum absolute atomic E-state index is 13.3. The fourth-order valence-electron chi connectivity index (χ4n) is 6.49. The molecule has 1 aliphatic heterocycles. The van der Waals surface area contributed by atoms with Crippen molar-refractivity contribution in [2.75, 3.05) is 15.9 Å². The predicted molar refractivity (Wildman–Crippen MR) is 228 cm³/mol. The third-order valence-corrected chi connectivity index (χ3v) is 9.94. The molecule has 1 heterocycles. The number of carbonyl (C=O) groups is 1. The van der Waals surface area contributed by atoms with Gasteiger partial charge in [0.2, 0.25) is 0 Å². The Morgan fingerprint density at radius 1 is 1.02 bits per heavy atom. The van der Waals surface area contributed by atoms with E-state index in [2.05, 4.69) is 47.6 Å². The zero-order chi connectivity index (χ0) is 39.0. The number of benzene rings is 4. The summed E-state index contributed by atoms with van der Waals surface area (Å²) in [6.45, 7) is 18.0. The van der Waals surface area contributed by atoms with Crippen molar-refractivity contribution in [2.45, 2.75) is 73.6 Å². The van der Waals surface area contributed by atoms with Gasteiger partial charge in [0, 0.05) is 24.1 Å². The molecule has 4 aromatic rings. The summed E-state index contributed by atoms with van der Waals surface area (Å²) >= 11 is 5.72. The predicted octanol–water partition coefficient (Wildman–Crippen LogP) is 9.60. The monoisotopic (exact) mass is 749 g/mol. The Hall–Kier alpha value is -4.83. The zero-order valence-electron chi connectivity index (χ0n) is 32.0. The van der Waals surface area contributed by atoms with Gasteiger partial charge in [0.15, 0.2) is 5.11 Å². The van der Waals surface area contributed by atoms with Crippen molar-refractivity contribution in [3.63, 3.8) is 0 Å². The van der Waals surface area contributed by atoms with Crippen molar-refractivity contribution in [2.24, 2.45) is 0 Å². The third kappa shape index (κ3) is 10.4. The summed E-state index contributed by atoms with van der Waals surface area (Å²) in [5.41, 5.74) is 13.1. The van der Waals surface area contributed by atoms with E-state index >= 15 is 0 Å². The standard InChI is InChI=1S/C40H41N3O3S2.C4H10O/c1-7-9-12-28(8-2)33-14-11-10-13-30(33)23-41-40(47)42-32-19-20-34-31(21-32)24-43(48(6)46)39-26(4)35(22-36(44)45)37(27(5)38(34)39)29-17-15-25(3)16-18-29;1-4(2,3)5/h7-21H,1,22-24H2,2-6H3,(H,44,45)(H2,41,42,47);5H,1-3H3/b12-9-,28-8+;. The Kier molecular flexibility index (Phi) is 13.7. The van der Waals surface area contributed by atoms with Crippen LogP contribution < -0.4 is 14.9 Å². The average Bonchev–Trinajstić information content (AvgIpc) is 3.09.